The second-order valence-corrected chi connectivity index (χ2v) is 14.1. The molecule has 45 heavy (non-hydrogen) atoms. The van der Waals surface area contributed by atoms with Gasteiger partial charge in [0.15, 0.2) is 11.4 Å². The minimum Gasteiger partial charge on any atom is -0.467 e. The van der Waals surface area contributed by atoms with E-state index >= 15 is 4.79 Å². The van der Waals surface area contributed by atoms with Gasteiger partial charge in [0.05, 0.1) is 17.8 Å². The zero-order valence-corrected chi connectivity index (χ0v) is 26.6. The lowest BCUT2D eigenvalue weighted by atomic mass is 9.32. The molecule has 0 radical (unpaired) electrons. The first-order chi connectivity index (χ1) is 21.2. The first-order valence-electron chi connectivity index (χ1n) is 15.5. The Balaban J connectivity index is 1.69. The fourth-order valence-corrected chi connectivity index (χ4v) is 9.83. The van der Waals surface area contributed by atoms with E-state index in [9.17, 15) is 24.0 Å². The zero-order valence-electron chi connectivity index (χ0n) is 26.6. The Bertz CT molecular complexity index is 1370. The second kappa shape index (κ2) is 11.6. The van der Waals surface area contributed by atoms with Crippen LogP contribution in [0, 0.1) is 39.9 Å². The lowest BCUT2D eigenvalue weighted by molar-refractivity contribution is -0.307. The lowest BCUT2D eigenvalue weighted by Crippen LogP contribution is -2.81. The van der Waals surface area contributed by atoms with Crippen molar-refractivity contribution in [3.8, 4) is 0 Å². The van der Waals surface area contributed by atoms with Crippen molar-refractivity contribution in [1.82, 2.24) is 0 Å². The maximum Gasteiger partial charge on any atom is 0.310 e. The predicted molar refractivity (Wildman–Crippen MR) is 156 cm³/mol. The Labute approximate surface area is 262 Å². The number of esters is 3. The SMILES string of the molecule is CC(=O)O[C@@H]1[C@H]2[C@@H](OC(=O)Cc3ccccc3)[C@@H](C)C[C@]2(OC(C)=O)C(=O)[C@@]2(C)[C@@H]3[C@@H](OC=O)C(C)(C)[C@H]3CC[C@@]12COC=O. The van der Waals surface area contributed by atoms with Crippen LogP contribution in [0.3, 0.4) is 0 Å². The number of ketones is 1. The molecule has 4 aliphatic rings. The van der Waals surface area contributed by atoms with Crippen molar-refractivity contribution in [3.05, 3.63) is 35.9 Å². The molecule has 0 saturated heterocycles. The van der Waals surface area contributed by atoms with Crippen LogP contribution in [-0.2, 0) is 58.9 Å². The minimum absolute atomic E-state index is 0.0112. The molecule has 0 unspecified atom stereocenters. The van der Waals surface area contributed by atoms with Gasteiger partial charge in [0.1, 0.15) is 24.9 Å². The van der Waals surface area contributed by atoms with Crippen molar-refractivity contribution in [2.75, 3.05) is 6.61 Å². The van der Waals surface area contributed by atoms with Gasteiger partial charge in [0.25, 0.3) is 12.9 Å². The van der Waals surface area contributed by atoms with Gasteiger partial charge in [-0.3, -0.25) is 28.8 Å². The van der Waals surface area contributed by atoms with E-state index < -0.39 is 81.6 Å². The van der Waals surface area contributed by atoms with Gasteiger partial charge in [0, 0.05) is 37.0 Å². The third-order valence-corrected chi connectivity index (χ3v) is 11.5. The Morgan fingerprint density at radius 1 is 0.933 bits per heavy atom. The molecule has 5 rings (SSSR count). The molecule has 0 N–H and O–H groups in total. The highest BCUT2D eigenvalue weighted by Crippen LogP contribution is 2.75. The molecule has 10 atom stereocenters. The summed E-state index contributed by atoms with van der Waals surface area (Å²) in [5.74, 6) is -4.60. The van der Waals surface area contributed by atoms with Crippen LogP contribution in [0.4, 0.5) is 0 Å². The summed E-state index contributed by atoms with van der Waals surface area (Å²) in [6.45, 7) is 10.3. The van der Waals surface area contributed by atoms with Crippen LogP contribution in [0.15, 0.2) is 30.3 Å². The van der Waals surface area contributed by atoms with Crippen molar-refractivity contribution in [1.29, 1.82) is 0 Å². The van der Waals surface area contributed by atoms with Crippen molar-refractivity contribution < 1.29 is 52.5 Å². The van der Waals surface area contributed by atoms with E-state index in [1.807, 2.05) is 19.9 Å². The number of hydrogen-bond donors (Lipinski definition) is 0. The largest absolute Gasteiger partial charge is 0.467 e. The van der Waals surface area contributed by atoms with Gasteiger partial charge in [0.2, 0.25) is 0 Å². The Hall–Kier alpha value is -3.76. The van der Waals surface area contributed by atoms with Crippen LogP contribution in [-0.4, -0.2) is 67.2 Å². The molecule has 0 aliphatic heterocycles. The summed E-state index contributed by atoms with van der Waals surface area (Å²) >= 11 is 0. The summed E-state index contributed by atoms with van der Waals surface area (Å²) in [6.07, 6.45) is -2.00. The molecule has 0 aromatic heterocycles. The first-order valence-corrected chi connectivity index (χ1v) is 15.5. The van der Waals surface area contributed by atoms with Crippen LogP contribution in [0.1, 0.15) is 66.4 Å². The van der Waals surface area contributed by atoms with Crippen LogP contribution in [0.25, 0.3) is 0 Å². The van der Waals surface area contributed by atoms with Crippen LogP contribution < -0.4 is 0 Å². The summed E-state index contributed by atoms with van der Waals surface area (Å²) in [7, 11) is 0. The summed E-state index contributed by atoms with van der Waals surface area (Å²) in [4.78, 5) is 77.9. The van der Waals surface area contributed by atoms with Crippen molar-refractivity contribution in [2.24, 2.45) is 39.9 Å². The highest BCUT2D eigenvalue weighted by Gasteiger charge is 2.84. The fourth-order valence-electron chi connectivity index (χ4n) is 9.83. The smallest absolute Gasteiger partial charge is 0.310 e. The summed E-state index contributed by atoms with van der Waals surface area (Å²) in [6, 6.07) is 9.03. The molecule has 244 valence electrons. The van der Waals surface area contributed by atoms with Gasteiger partial charge in [-0.2, -0.15) is 0 Å². The summed E-state index contributed by atoms with van der Waals surface area (Å²) in [5, 5.41) is 0. The van der Waals surface area contributed by atoms with E-state index in [0.29, 0.717) is 19.3 Å². The predicted octanol–water partition coefficient (Wildman–Crippen LogP) is 3.39. The number of Topliss-reactive ketones (excluding diaryl/α,β-unsaturated/α-hetero) is 1. The third kappa shape index (κ3) is 4.76. The van der Waals surface area contributed by atoms with Gasteiger partial charge in [-0.1, -0.05) is 58.0 Å². The monoisotopic (exact) mass is 626 g/mol. The molecule has 1 aromatic rings. The van der Waals surface area contributed by atoms with Crippen molar-refractivity contribution in [3.63, 3.8) is 0 Å². The molecule has 4 saturated carbocycles. The molecule has 0 spiro atoms. The Morgan fingerprint density at radius 2 is 1.62 bits per heavy atom. The molecule has 0 amide bonds. The van der Waals surface area contributed by atoms with Crippen LogP contribution >= 0.6 is 0 Å². The number of benzene rings is 1. The molecular formula is C34H42O11. The van der Waals surface area contributed by atoms with Gasteiger partial charge in [-0.15, -0.1) is 0 Å². The quantitative estimate of drug-likeness (QED) is 0.214. The molecule has 11 nitrogen and oxygen atoms in total. The number of ether oxygens (including phenoxy) is 5. The zero-order chi connectivity index (χ0) is 32.9. The van der Waals surface area contributed by atoms with Crippen LogP contribution in [0.2, 0.25) is 0 Å². The average Bonchev–Trinajstić information content (AvgIpc) is 3.24. The Morgan fingerprint density at radius 3 is 2.22 bits per heavy atom. The second-order valence-electron chi connectivity index (χ2n) is 14.1. The Kier molecular flexibility index (Phi) is 8.38. The summed E-state index contributed by atoms with van der Waals surface area (Å²) < 4.78 is 29.4. The number of carbonyl (C=O) groups is 6. The molecule has 4 fully saturated rings. The van der Waals surface area contributed by atoms with Gasteiger partial charge in [-0.25, -0.2) is 0 Å². The van der Waals surface area contributed by atoms with Gasteiger partial charge >= 0.3 is 17.9 Å². The van der Waals surface area contributed by atoms with E-state index in [-0.39, 0.29) is 31.8 Å². The molecular weight excluding hydrogens is 584 g/mol. The third-order valence-electron chi connectivity index (χ3n) is 11.5. The maximum absolute atomic E-state index is 15.4. The normalized spacial score (nSPS) is 39.1. The minimum atomic E-state index is -1.84. The molecule has 0 bridgehead atoms. The van der Waals surface area contributed by atoms with E-state index in [4.69, 9.17) is 23.7 Å². The highest BCUT2D eigenvalue weighted by atomic mass is 16.6. The van der Waals surface area contributed by atoms with E-state index in [0.717, 1.165) is 5.56 Å². The number of fused-ring (bicyclic) bond motifs is 4. The maximum atomic E-state index is 15.4. The van der Waals surface area contributed by atoms with E-state index in [2.05, 4.69) is 0 Å². The van der Waals surface area contributed by atoms with Crippen molar-refractivity contribution in [2.45, 2.75) is 91.1 Å². The molecule has 0 heterocycles. The highest BCUT2D eigenvalue weighted by molar-refractivity contribution is 5.98. The molecule has 11 heteroatoms. The molecule has 1 aromatic carbocycles. The number of rotatable bonds is 10. The number of hydrogen-bond acceptors (Lipinski definition) is 11. The summed E-state index contributed by atoms with van der Waals surface area (Å²) in [5.41, 5.74) is -4.35. The van der Waals surface area contributed by atoms with Gasteiger partial charge in [-0.05, 0) is 30.2 Å². The van der Waals surface area contributed by atoms with Gasteiger partial charge < -0.3 is 23.7 Å². The standard InChI is InChI=1S/C34H42O11/c1-19-15-34(45-21(3)38)26(27(19)44-24(39)14-22-10-8-7-9-11-22)29(43-20(2)37)33(16-41-17-35)13-12-23-25(32(33,6)30(34)40)28(42-18-36)31(23,4)5/h7-11,17-19,23,25-29H,12-16H2,1-6H3/t19-,23-,25-,26+,27-,28+,29+,32+,33+,34+/m0/s1. The lowest BCUT2D eigenvalue weighted by Gasteiger charge is -2.73. The average molecular weight is 627 g/mol. The van der Waals surface area contributed by atoms with E-state index in [1.165, 1.54) is 13.8 Å². The van der Waals surface area contributed by atoms with Crippen molar-refractivity contribution >= 4 is 36.6 Å². The molecule has 4 aliphatic carbocycles. The van der Waals surface area contributed by atoms with Crippen LogP contribution in [0.5, 0.6) is 0 Å². The van der Waals surface area contributed by atoms with E-state index in [1.54, 1.807) is 38.1 Å². The topological polar surface area (TPSA) is 149 Å². The first kappa shape index (κ1) is 32.6. The number of carbonyl (C=O) groups excluding carboxylic acids is 6. The fraction of sp³-hybridized carbons (Fsp3) is 0.647.